The Morgan fingerprint density at radius 3 is 2.59 bits per heavy atom. The van der Waals surface area contributed by atoms with Gasteiger partial charge in [-0.25, -0.2) is 4.98 Å². The number of H-pyrrole nitrogens is 1. The van der Waals surface area contributed by atoms with Crippen LogP contribution in [0.4, 0.5) is 0 Å². The summed E-state index contributed by atoms with van der Waals surface area (Å²) >= 11 is 0. The summed E-state index contributed by atoms with van der Waals surface area (Å²) in [6, 6.07) is 17.8. The molecule has 1 amide bonds. The maximum Gasteiger partial charge on any atom is 0.253 e. The number of hydrogen-bond acceptors (Lipinski definition) is 3. The number of aromatic nitrogens is 3. The fourth-order valence-electron chi connectivity index (χ4n) is 3.20. The number of carbonyl (C=O) groups is 1. The van der Waals surface area contributed by atoms with Crippen molar-refractivity contribution in [1.82, 2.24) is 19.9 Å². The summed E-state index contributed by atoms with van der Waals surface area (Å²) in [6.45, 7) is 0. The van der Waals surface area contributed by atoms with E-state index in [1.807, 2.05) is 66.3 Å². The highest BCUT2D eigenvalue weighted by molar-refractivity contribution is 6.06. The Labute approximate surface area is 155 Å². The smallest absolute Gasteiger partial charge is 0.253 e. The molecule has 27 heavy (non-hydrogen) atoms. The molecule has 1 unspecified atom stereocenters. The van der Waals surface area contributed by atoms with E-state index < -0.39 is 6.04 Å². The van der Waals surface area contributed by atoms with Crippen LogP contribution < -0.4 is 10.9 Å². The van der Waals surface area contributed by atoms with Crippen LogP contribution in [0, 0.1) is 0 Å². The zero-order chi connectivity index (χ0) is 18.8. The molecule has 0 aliphatic heterocycles. The van der Waals surface area contributed by atoms with E-state index in [4.69, 9.17) is 0 Å². The van der Waals surface area contributed by atoms with Crippen molar-refractivity contribution in [2.75, 3.05) is 0 Å². The Morgan fingerprint density at radius 2 is 1.85 bits per heavy atom. The number of amides is 1. The summed E-state index contributed by atoms with van der Waals surface area (Å²) in [5.74, 6) is 0.387. The zero-order valence-electron chi connectivity index (χ0n) is 14.7. The molecule has 2 aromatic carbocycles. The lowest BCUT2D eigenvalue weighted by Gasteiger charge is -2.19. The van der Waals surface area contributed by atoms with E-state index >= 15 is 0 Å². The third-order valence-electron chi connectivity index (χ3n) is 4.52. The number of carbonyl (C=O) groups excluding carboxylic acids is 1. The van der Waals surface area contributed by atoms with Crippen molar-refractivity contribution in [2.45, 2.75) is 6.04 Å². The van der Waals surface area contributed by atoms with Gasteiger partial charge in [0.25, 0.3) is 5.91 Å². The second-order valence-corrected chi connectivity index (χ2v) is 6.31. The molecule has 1 atom stereocenters. The SMILES string of the molecule is Cn1ccnc1C(NC(=O)c1cc(=O)[nH]c2ccccc12)c1ccccc1. The molecule has 0 saturated heterocycles. The van der Waals surface area contributed by atoms with Crippen LogP contribution in [0.3, 0.4) is 0 Å². The first-order valence-corrected chi connectivity index (χ1v) is 8.58. The van der Waals surface area contributed by atoms with Crippen molar-refractivity contribution in [2.24, 2.45) is 7.05 Å². The number of nitrogens with one attached hydrogen (secondary N) is 2. The predicted molar refractivity (Wildman–Crippen MR) is 104 cm³/mol. The van der Waals surface area contributed by atoms with E-state index in [1.165, 1.54) is 6.07 Å². The van der Waals surface area contributed by atoms with Crippen molar-refractivity contribution >= 4 is 16.8 Å². The third kappa shape index (κ3) is 3.25. The zero-order valence-corrected chi connectivity index (χ0v) is 14.7. The summed E-state index contributed by atoms with van der Waals surface area (Å²) in [5.41, 5.74) is 1.56. The van der Waals surface area contributed by atoms with Crippen LogP contribution in [0.25, 0.3) is 10.9 Å². The maximum absolute atomic E-state index is 13.1. The first kappa shape index (κ1) is 16.8. The van der Waals surface area contributed by atoms with Gasteiger partial charge >= 0.3 is 0 Å². The van der Waals surface area contributed by atoms with E-state index in [0.29, 0.717) is 22.3 Å². The Balaban J connectivity index is 1.78. The molecular formula is C21H18N4O2. The molecule has 6 nitrogen and oxygen atoms in total. The summed E-state index contributed by atoms with van der Waals surface area (Å²) in [4.78, 5) is 32.2. The molecule has 6 heteroatoms. The van der Waals surface area contributed by atoms with Crippen molar-refractivity contribution in [3.8, 4) is 0 Å². The predicted octanol–water partition coefficient (Wildman–Crippen LogP) is 2.78. The lowest BCUT2D eigenvalue weighted by molar-refractivity contribution is 0.0942. The first-order chi connectivity index (χ1) is 13.1. The number of para-hydroxylation sites is 1. The first-order valence-electron chi connectivity index (χ1n) is 8.58. The monoisotopic (exact) mass is 358 g/mol. The van der Waals surface area contributed by atoms with Crippen LogP contribution in [0.15, 0.2) is 77.9 Å². The number of pyridine rings is 1. The number of rotatable bonds is 4. The Kier molecular flexibility index (Phi) is 4.30. The molecule has 4 rings (SSSR count). The van der Waals surface area contributed by atoms with E-state index in [-0.39, 0.29) is 11.5 Å². The minimum absolute atomic E-state index is 0.313. The normalized spacial score (nSPS) is 12.0. The third-order valence-corrected chi connectivity index (χ3v) is 4.52. The Morgan fingerprint density at radius 1 is 1.11 bits per heavy atom. The van der Waals surface area contributed by atoms with Gasteiger partial charge in [0, 0.05) is 36.4 Å². The van der Waals surface area contributed by atoms with Gasteiger partial charge in [-0.05, 0) is 11.6 Å². The van der Waals surface area contributed by atoms with Crippen LogP contribution >= 0.6 is 0 Å². The minimum atomic E-state index is -0.434. The Hall–Kier alpha value is -3.67. The van der Waals surface area contributed by atoms with Crippen LogP contribution in [0.1, 0.15) is 27.8 Å². The molecule has 0 aliphatic carbocycles. The highest BCUT2D eigenvalue weighted by atomic mass is 16.2. The fraction of sp³-hybridized carbons (Fsp3) is 0.0952. The van der Waals surface area contributed by atoms with E-state index in [9.17, 15) is 9.59 Å². The van der Waals surface area contributed by atoms with Crippen LogP contribution in [0.2, 0.25) is 0 Å². The maximum atomic E-state index is 13.1. The van der Waals surface area contributed by atoms with Gasteiger partial charge in [0.15, 0.2) is 0 Å². The molecule has 0 aliphatic rings. The van der Waals surface area contributed by atoms with Gasteiger partial charge in [-0.15, -0.1) is 0 Å². The van der Waals surface area contributed by atoms with Crippen molar-refractivity contribution < 1.29 is 4.79 Å². The molecule has 0 bridgehead atoms. The molecule has 134 valence electrons. The highest BCUT2D eigenvalue weighted by Crippen LogP contribution is 2.22. The number of nitrogens with zero attached hydrogens (tertiary/aromatic N) is 2. The number of hydrogen-bond donors (Lipinski definition) is 2. The fourth-order valence-corrected chi connectivity index (χ4v) is 3.20. The van der Waals surface area contributed by atoms with Gasteiger partial charge in [-0.2, -0.15) is 0 Å². The van der Waals surface area contributed by atoms with Crippen molar-refractivity contribution in [3.05, 3.63) is 100 Å². The molecule has 2 heterocycles. The number of benzene rings is 2. The van der Waals surface area contributed by atoms with Crippen LogP contribution in [0.5, 0.6) is 0 Å². The van der Waals surface area contributed by atoms with E-state index in [0.717, 1.165) is 5.56 Å². The quantitative estimate of drug-likeness (QED) is 0.589. The van der Waals surface area contributed by atoms with E-state index in [2.05, 4.69) is 15.3 Å². The molecular weight excluding hydrogens is 340 g/mol. The minimum Gasteiger partial charge on any atom is -0.338 e. The summed E-state index contributed by atoms with van der Waals surface area (Å²) in [7, 11) is 1.88. The second-order valence-electron chi connectivity index (χ2n) is 6.31. The van der Waals surface area contributed by atoms with Crippen LogP contribution in [-0.2, 0) is 7.05 Å². The number of aryl methyl sites for hydroxylation is 1. The lowest BCUT2D eigenvalue weighted by Crippen LogP contribution is -2.32. The average Bonchev–Trinajstić information content (AvgIpc) is 3.11. The number of fused-ring (bicyclic) bond motifs is 1. The van der Waals surface area contributed by atoms with Gasteiger partial charge < -0.3 is 14.9 Å². The highest BCUT2D eigenvalue weighted by Gasteiger charge is 2.22. The summed E-state index contributed by atoms with van der Waals surface area (Å²) < 4.78 is 1.87. The van der Waals surface area contributed by atoms with Crippen molar-refractivity contribution in [1.29, 1.82) is 0 Å². The van der Waals surface area contributed by atoms with Crippen molar-refractivity contribution in [3.63, 3.8) is 0 Å². The number of aromatic amines is 1. The van der Waals surface area contributed by atoms with Crippen LogP contribution in [-0.4, -0.2) is 20.4 Å². The Bertz CT molecular complexity index is 1160. The summed E-state index contributed by atoms with van der Waals surface area (Å²) in [6.07, 6.45) is 3.53. The van der Waals surface area contributed by atoms with Gasteiger partial charge in [0.1, 0.15) is 11.9 Å². The molecule has 4 aromatic rings. The van der Waals surface area contributed by atoms with E-state index in [1.54, 1.807) is 12.3 Å². The van der Waals surface area contributed by atoms with Gasteiger partial charge in [0.2, 0.25) is 5.56 Å². The molecule has 2 aromatic heterocycles. The molecule has 0 spiro atoms. The molecule has 2 N–H and O–H groups in total. The lowest BCUT2D eigenvalue weighted by atomic mass is 10.0. The second kappa shape index (κ2) is 6.92. The van der Waals surface area contributed by atoms with Gasteiger partial charge in [-0.1, -0.05) is 48.5 Å². The topological polar surface area (TPSA) is 79.8 Å². The van der Waals surface area contributed by atoms with Gasteiger partial charge in [-0.3, -0.25) is 9.59 Å². The molecule has 0 saturated carbocycles. The molecule has 0 fully saturated rings. The largest absolute Gasteiger partial charge is 0.338 e. The van der Waals surface area contributed by atoms with Gasteiger partial charge in [0.05, 0.1) is 5.56 Å². The number of imidazole rings is 1. The standard InChI is InChI=1S/C21H18N4O2/c1-25-12-11-22-20(25)19(14-7-3-2-4-8-14)24-21(27)16-13-18(26)23-17-10-6-5-9-15(16)17/h2-13,19H,1H3,(H,23,26)(H,24,27). The molecule has 0 radical (unpaired) electrons. The average molecular weight is 358 g/mol. The summed E-state index contributed by atoms with van der Waals surface area (Å²) in [5, 5.41) is 3.73.